The second-order valence-electron chi connectivity index (χ2n) is 6.56. The quantitative estimate of drug-likeness (QED) is 0.695. The second-order valence-corrected chi connectivity index (χ2v) is 6.56. The average Bonchev–Trinajstić information content (AvgIpc) is 2.56. The summed E-state index contributed by atoms with van der Waals surface area (Å²) in [5, 5.41) is 0. The molecule has 0 aromatic heterocycles. The fraction of sp³-hybridized carbons (Fsp3) is 0.429. The molecule has 0 fully saturated rings. The minimum Gasteiger partial charge on any atom is -0.494 e. The molecule has 0 amide bonds. The Morgan fingerprint density at radius 2 is 1.52 bits per heavy atom. The summed E-state index contributed by atoms with van der Waals surface area (Å²) in [6, 6.07) is 17.1. The van der Waals surface area contributed by atoms with Crippen LogP contribution >= 0.6 is 0 Å². The van der Waals surface area contributed by atoms with E-state index >= 15 is 0 Å². The molecule has 2 aromatic carbocycles. The van der Waals surface area contributed by atoms with Gasteiger partial charge in [0.15, 0.2) is 0 Å². The number of benzene rings is 2. The maximum Gasteiger partial charge on any atom is 0.119 e. The summed E-state index contributed by atoms with van der Waals surface area (Å²) in [5.41, 5.74) is 9.91. The highest BCUT2D eigenvalue weighted by Crippen LogP contribution is 2.22. The molecule has 0 aliphatic heterocycles. The van der Waals surface area contributed by atoms with Gasteiger partial charge in [-0.25, -0.2) is 0 Å². The molecule has 1 unspecified atom stereocenters. The van der Waals surface area contributed by atoms with Gasteiger partial charge in [-0.1, -0.05) is 55.8 Å². The van der Waals surface area contributed by atoms with Crippen molar-refractivity contribution in [1.82, 2.24) is 0 Å². The molecule has 0 bridgehead atoms. The minimum atomic E-state index is 0.419. The van der Waals surface area contributed by atoms with Crippen molar-refractivity contribution in [2.24, 2.45) is 5.73 Å². The lowest BCUT2D eigenvalue weighted by Crippen LogP contribution is -2.13. The molecule has 2 rings (SSSR count). The summed E-state index contributed by atoms with van der Waals surface area (Å²) in [6.07, 6.45) is 2.07. The predicted molar refractivity (Wildman–Crippen MR) is 98.2 cm³/mol. The van der Waals surface area contributed by atoms with Crippen LogP contribution in [0.5, 0.6) is 5.75 Å². The molecule has 124 valence electrons. The van der Waals surface area contributed by atoms with Gasteiger partial charge in [0, 0.05) is 0 Å². The summed E-state index contributed by atoms with van der Waals surface area (Å²) in [5.74, 6) is 1.93. The Balaban J connectivity index is 1.78. The van der Waals surface area contributed by atoms with Gasteiger partial charge >= 0.3 is 0 Å². The van der Waals surface area contributed by atoms with Gasteiger partial charge in [-0.05, 0) is 61.4 Å². The highest BCUT2D eigenvalue weighted by Gasteiger charge is 2.09. The van der Waals surface area contributed by atoms with E-state index in [9.17, 15) is 0 Å². The lowest BCUT2D eigenvalue weighted by atomic mass is 9.94. The summed E-state index contributed by atoms with van der Waals surface area (Å²) < 4.78 is 5.85. The largest absolute Gasteiger partial charge is 0.494 e. The van der Waals surface area contributed by atoms with E-state index in [1.54, 1.807) is 0 Å². The number of hydrogen-bond donors (Lipinski definition) is 1. The van der Waals surface area contributed by atoms with Crippen LogP contribution in [-0.2, 0) is 0 Å². The Labute approximate surface area is 140 Å². The van der Waals surface area contributed by atoms with E-state index in [4.69, 9.17) is 10.5 Å². The Hall–Kier alpha value is -1.80. The molecule has 1 atom stereocenters. The van der Waals surface area contributed by atoms with Crippen LogP contribution < -0.4 is 10.5 Å². The Kier molecular flexibility index (Phi) is 6.66. The van der Waals surface area contributed by atoms with Crippen LogP contribution in [0.3, 0.4) is 0 Å². The van der Waals surface area contributed by atoms with Gasteiger partial charge in [0.25, 0.3) is 0 Å². The van der Waals surface area contributed by atoms with Crippen LogP contribution in [0.1, 0.15) is 55.2 Å². The van der Waals surface area contributed by atoms with Crippen molar-refractivity contribution >= 4 is 0 Å². The molecule has 23 heavy (non-hydrogen) atoms. The molecular formula is C21H29NO. The molecule has 0 aliphatic carbocycles. The smallest absolute Gasteiger partial charge is 0.119 e. The zero-order chi connectivity index (χ0) is 16.7. The number of nitrogens with two attached hydrogens (primary N) is 1. The Morgan fingerprint density at radius 3 is 2.09 bits per heavy atom. The first-order valence-corrected chi connectivity index (χ1v) is 8.59. The van der Waals surface area contributed by atoms with Crippen LogP contribution in [0.15, 0.2) is 48.5 Å². The van der Waals surface area contributed by atoms with E-state index in [0.29, 0.717) is 18.4 Å². The summed E-state index contributed by atoms with van der Waals surface area (Å²) >= 11 is 0. The molecule has 2 heteroatoms. The fourth-order valence-corrected chi connectivity index (χ4v) is 2.73. The third-order valence-corrected chi connectivity index (χ3v) is 4.35. The van der Waals surface area contributed by atoms with Crippen LogP contribution in [-0.4, -0.2) is 13.2 Å². The molecule has 0 spiro atoms. The molecule has 0 saturated heterocycles. The zero-order valence-electron chi connectivity index (χ0n) is 14.6. The molecular weight excluding hydrogens is 282 g/mol. The lowest BCUT2D eigenvalue weighted by Gasteiger charge is -2.16. The number of ether oxygens (including phenoxy) is 1. The normalized spacial score (nSPS) is 12.4. The number of hydrogen-bond acceptors (Lipinski definition) is 2. The monoisotopic (exact) mass is 311 g/mol. The molecule has 2 N–H and O–H groups in total. The highest BCUT2D eigenvalue weighted by molar-refractivity contribution is 5.29. The predicted octanol–water partition coefficient (Wildman–Crippen LogP) is 5.02. The third-order valence-electron chi connectivity index (χ3n) is 4.35. The molecule has 2 nitrogen and oxygen atoms in total. The highest BCUT2D eigenvalue weighted by atomic mass is 16.5. The SMILES string of the molecule is Cc1ccc(C(CN)CCCOc2ccc(C(C)C)cc2)cc1. The molecule has 0 aliphatic rings. The fourth-order valence-electron chi connectivity index (χ4n) is 2.73. The number of aryl methyl sites for hydroxylation is 1. The third kappa shape index (κ3) is 5.40. The lowest BCUT2D eigenvalue weighted by molar-refractivity contribution is 0.301. The Morgan fingerprint density at radius 1 is 0.913 bits per heavy atom. The van der Waals surface area contributed by atoms with E-state index < -0.39 is 0 Å². The summed E-state index contributed by atoms with van der Waals surface area (Å²) in [7, 11) is 0. The second kappa shape index (κ2) is 8.73. The van der Waals surface area contributed by atoms with Crippen LogP contribution in [0.4, 0.5) is 0 Å². The van der Waals surface area contributed by atoms with Crippen molar-refractivity contribution in [3.63, 3.8) is 0 Å². The van der Waals surface area contributed by atoms with Gasteiger partial charge in [-0.15, -0.1) is 0 Å². The van der Waals surface area contributed by atoms with Gasteiger partial charge in [0.2, 0.25) is 0 Å². The standard InChI is InChI=1S/C21H29NO/c1-16(2)18-10-12-21(13-11-18)23-14-4-5-20(15-22)19-8-6-17(3)7-9-19/h6-13,16,20H,4-5,14-15,22H2,1-3H3. The maximum atomic E-state index is 5.94. The van der Waals surface area contributed by atoms with Crippen molar-refractivity contribution < 1.29 is 4.74 Å². The van der Waals surface area contributed by atoms with E-state index in [0.717, 1.165) is 25.2 Å². The van der Waals surface area contributed by atoms with Gasteiger partial charge in [-0.2, -0.15) is 0 Å². The maximum absolute atomic E-state index is 5.94. The van der Waals surface area contributed by atoms with Crippen molar-refractivity contribution in [1.29, 1.82) is 0 Å². The van der Waals surface area contributed by atoms with Gasteiger partial charge < -0.3 is 10.5 Å². The van der Waals surface area contributed by atoms with Crippen molar-refractivity contribution in [2.45, 2.75) is 45.4 Å². The van der Waals surface area contributed by atoms with E-state index in [2.05, 4.69) is 69.3 Å². The molecule has 0 saturated carbocycles. The van der Waals surface area contributed by atoms with E-state index in [1.165, 1.54) is 16.7 Å². The molecule has 0 heterocycles. The van der Waals surface area contributed by atoms with Crippen LogP contribution in [0, 0.1) is 6.92 Å². The van der Waals surface area contributed by atoms with E-state index in [-0.39, 0.29) is 0 Å². The first-order valence-electron chi connectivity index (χ1n) is 8.59. The van der Waals surface area contributed by atoms with Crippen molar-refractivity contribution in [2.75, 3.05) is 13.2 Å². The zero-order valence-corrected chi connectivity index (χ0v) is 14.6. The van der Waals surface area contributed by atoms with E-state index in [1.807, 2.05) is 0 Å². The molecule has 0 radical (unpaired) electrons. The first kappa shape index (κ1) is 17.6. The van der Waals surface area contributed by atoms with Gasteiger partial charge in [0.1, 0.15) is 5.75 Å². The number of rotatable bonds is 8. The topological polar surface area (TPSA) is 35.2 Å². The van der Waals surface area contributed by atoms with Crippen LogP contribution in [0.2, 0.25) is 0 Å². The van der Waals surface area contributed by atoms with Crippen molar-refractivity contribution in [3.8, 4) is 5.75 Å². The Bertz CT molecular complexity index is 572. The summed E-state index contributed by atoms with van der Waals surface area (Å²) in [4.78, 5) is 0. The average molecular weight is 311 g/mol. The van der Waals surface area contributed by atoms with Gasteiger partial charge in [-0.3, -0.25) is 0 Å². The minimum absolute atomic E-state index is 0.419. The first-order chi connectivity index (χ1) is 11.1. The van der Waals surface area contributed by atoms with Crippen molar-refractivity contribution in [3.05, 3.63) is 65.2 Å². The summed E-state index contributed by atoms with van der Waals surface area (Å²) in [6.45, 7) is 7.94. The van der Waals surface area contributed by atoms with Crippen LogP contribution in [0.25, 0.3) is 0 Å². The van der Waals surface area contributed by atoms with Gasteiger partial charge in [0.05, 0.1) is 6.61 Å². The molecule has 2 aromatic rings.